The van der Waals surface area contributed by atoms with E-state index in [1.165, 1.54) is 16.8 Å². The van der Waals surface area contributed by atoms with Gasteiger partial charge in [0.1, 0.15) is 5.52 Å². The summed E-state index contributed by atoms with van der Waals surface area (Å²) in [4.78, 5) is 8.04. The number of hydrogen-bond donors (Lipinski definition) is 2. The van der Waals surface area contributed by atoms with Gasteiger partial charge in [-0.25, -0.2) is 13.9 Å². The van der Waals surface area contributed by atoms with Crippen molar-refractivity contribution in [3.8, 4) is 11.4 Å². The third-order valence-corrected chi connectivity index (χ3v) is 3.87. The van der Waals surface area contributed by atoms with Crippen LogP contribution in [0.4, 0.5) is 10.3 Å². The zero-order valence-electron chi connectivity index (χ0n) is 13.9. The molecule has 1 saturated heterocycles. The lowest BCUT2D eigenvalue weighted by Gasteiger charge is -2.15. The van der Waals surface area contributed by atoms with E-state index >= 15 is 0 Å². The van der Waals surface area contributed by atoms with Crippen LogP contribution in [0.2, 0.25) is 0 Å². The van der Waals surface area contributed by atoms with Gasteiger partial charge in [0.25, 0.3) is 0 Å². The molecule has 0 radical (unpaired) electrons. The Kier molecular flexibility index (Phi) is 5.20. The van der Waals surface area contributed by atoms with Gasteiger partial charge >= 0.3 is 0 Å². The molecule has 0 bridgehead atoms. The second kappa shape index (κ2) is 7.54. The topological polar surface area (TPSA) is 98.6 Å². The molecule has 4 rings (SSSR count). The number of hydrogen-bond acceptors (Lipinski definition) is 6. The minimum Gasteiger partial charge on any atom is -0.391 e. The van der Waals surface area contributed by atoms with Gasteiger partial charge in [0.15, 0.2) is 5.82 Å². The molecule has 0 spiro atoms. The van der Waals surface area contributed by atoms with Crippen molar-refractivity contribution in [2.24, 2.45) is 0 Å². The van der Waals surface area contributed by atoms with Crippen LogP contribution in [0.3, 0.4) is 0 Å². The van der Waals surface area contributed by atoms with E-state index < -0.39 is 5.82 Å². The molecule has 1 aliphatic heterocycles. The molecule has 1 atom stereocenters. The summed E-state index contributed by atoms with van der Waals surface area (Å²) in [6.07, 6.45) is 4.76. The summed E-state index contributed by atoms with van der Waals surface area (Å²) in [6, 6.07) is 5.12. The predicted octanol–water partition coefficient (Wildman–Crippen LogP) is 1.98. The first-order chi connectivity index (χ1) is 12.1. The van der Waals surface area contributed by atoms with Crippen LogP contribution in [0.5, 0.6) is 0 Å². The third-order valence-electron chi connectivity index (χ3n) is 3.87. The van der Waals surface area contributed by atoms with E-state index in [9.17, 15) is 4.39 Å². The summed E-state index contributed by atoms with van der Waals surface area (Å²) in [5, 5.41) is 12.8. The molecule has 8 heteroatoms. The van der Waals surface area contributed by atoms with Crippen LogP contribution in [0, 0.1) is 12.7 Å². The molecule has 1 unspecified atom stereocenters. The molecular formula is C17H20FN5O2. The molecule has 0 aliphatic carbocycles. The summed E-state index contributed by atoms with van der Waals surface area (Å²) < 4.78 is 20.1. The predicted molar refractivity (Wildman–Crippen MR) is 91.4 cm³/mol. The maximum atomic E-state index is 13.8. The van der Waals surface area contributed by atoms with Crippen molar-refractivity contribution in [2.75, 3.05) is 18.9 Å². The van der Waals surface area contributed by atoms with E-state index in [0.717, 1.165) is 25.0 Å². The van der Waals surface area contributed by atoms with Crippen LogP contribution in [0.1, 0.15) is 18.4 Å². The molecule has 1 aliphatic rings. The highest BCUT2D eigenvalue weighted by atomic mass is 19.1. The Bertz CT molecular complexity index is 861. The van der Waals surface area contributed by atoms with Gasteiger partial charge in [0.05, 0.1) is 30.3 Å². The number of nitrogens with two attached hydrogens (primary N) is 1. The molecule has 3 N–H and O–H groups in total. The summed E-state index contributed by atoms with van der Waals surface area (Å²) in [5.41, 5.74) is 7.99. The number of aryl methyl sites for hydroxylation is 1. The standard InChI is InChI=1S/C12H10FN5.C5H10O2/c1-7-3-2-4-15-11(7)9-5-8(13)10-6-16-12(14)17-18(9)10;6-5-2-1-3-7-4-5/h2-6H,1H3,(H2,14,17);5-6H,1-4H2. The fraction of sp³-hybridized carbons (Fsp3) is 0.353. The third kappa shape index (κ3) is 3.92. The quantitative estimate of drug-likeness (QED) is 0.700. The Labute approximate surface area is 144 Å². The zero-order chi connectivity index (χ0) is 17.8. The molecule has 0 amide bonds. The van der Waals surface area contributed by atoms with Crippen molar-refractivity contribution in [3.63, 3.8) is 0 Å². The Balaban J connectivity index is 0.000000219. The normalized spacial score (nSPS) is 17.2. The molecular weight excluding hydrogens is 325 g/mol. The van der Waals surface area contributed by atoms with Crippen LogP contribution >= 0.6 is 0 Å². The van der Waals surface area contributed by atoms with Crippen LogP contribution in [-0.4, -0.2) is 44.0 Å². The fourth-order valence-corrected chi connectivity index (χ4v) is 2.61. The average Bonchev–Trinajstić information content (AvgIpc) is 2.92. The minimum atomic E-state index is -0.393. The summed E-state index contributed by atoms with van der Waals surface area (Å²) in [6.45, 7) is 3.28. The average molecular weight is 345 g/mol. The first-order valence-electron chi connectivity index (χ1n) is 8.04. The van der Waals surface area contributed by atoms with E-state index in [-0.39, 0.29) is 17.6 Å². The molecule has 1 fully saturated rings. The largest absolute Gasteiger partial charge is 0.391 e. The molecule has 7 nitrogen and oxygen atoms in total. The van der Waals surface area contributed by atoms with Gasteiger partial charge < -0.3 is 15.6 Å². The number of fused-ring (bicyclic) bond motifs is 1. The van der Waals surface area contributed by atoms with Gasteiger partial charge in [-0.15, -0.1) is 5.10 Å². The first-order valence-corrected chi connectivity index (χ1v) is 8.04. The second-order valence-corrected chi connectivity index (χ2v) is 5.83. The Hall–Kier alpha value is -2.58. The number of anilines is 1. The highest BCUT2D eigenvalue weighted by Crippen LogP contribution is 2.25. The Morgan fingerprint density at radius 1 is 1.40 bits per heavy atom. The second-order valence-electron chi connectivity index (χ2n) is 5.83. The van der Waals surface area contributed by atoms with Crippen molar-refractivity contribution in [2.45, 2.75) is 25.9 Å². The molecule has 25 heavy (non-hydrogen) atoms. The maximum absolute atomic E-state index is 13.8. The van der Waals surface area contributed by atoms with Crippen molar-refractivity contribution < 1.29 is 14.2 Å². The first kappa shape index (κ1) is 17.2. The van der Waals surface area contributed by atoms with Gasteiger partial charge in [0.2, 0.25) is 5.95 Å². The number of aromatic nitrogens is 4. The minimum absolute atomic E-state index is 0.0907. The molecule has 0 saturated carbocycles. The van der Waals surface area contributed by atoms with Crippen LogP contribution < -0.4 is 5.73 Å². The maximum Gasteiger partial charge on any atom is 0.238 e. The molecule has 3 aromatic rings. The fourth-order valence-electron chi connectivity index (χ4n) is 2.61. The lowest BCUT2D eigenvalue weighted by molar-refractivity contribution is -0.00535. The van der Waals surface area contributed by atoms with E-state index in [1.807, 2.05) is 19.1 Å². The number of aliphatic hydroxyl groups excluding tert-OH is 1. The Morgan fingerprint density at radius 2 is 2.24 bits per heavy atom. The van der Waals surface area contributed by atoms with E-state index in [4.69, 9.17) is 15.6 Å². The van der Waals surface area contributed by atoms with Crippen LogP contribution in [0.15, 0.2) is 30.6 Å². The number of ether oxygens (including phenoxy) is 1. The van der Waals surface area contributed by atoms with Crippen molar-refractivity contribution in [3.05, 3.63) is 42.0 Å². The SMILES string of the molecule is Cc1cccnc1-c1cc(F)c2cnc(N)nn12.OC1CCCOC1. The molecule has 3 aromatic heterocycles. The van der Waals surface area contributed by atoms with E-state index in [2.05, 4.69) is 15.1 Å². The molecule has 4 heterocycles. The number of halogens is 1. The van der Waals surface area contributed by atoms with Crippen molar-refractivity contribution in [1.29, 1.82) is 0 Å². The van der Waals surface area contributed by atoms with Gasteiger partial charge in [0, 0.05) is 18.9 Å². The highest BCUT2D eigenvalue weighted by Gasteiger charge is 2.14. The van der Waals surface area contributed by atoms with Crippen LogP contribution in [0.25, 0.3) is 16.9 Å². The smallest absolute Gasteiger partial charge is 0.238 e. The van der Waals surface area contributed by atoms with Crippen molar-refractivity contribution in [1.82, 2.24) is 19.6 Å². The highest BCUT2D eigenvalue weighted by molar-refractivity contribution is 5.66. The number of nitrogens with zero attached hydrogens (tertiary/aromatic N) is 4. The Morgan fingerprint density at radius 3 is 2.88 bits per heavy atom. The van der Waals surface area contributed by atoms with E-state index in [0.29, 0.717) is 18.0 Å². The molecule has 0 aromatic carbocycles. The lowest BCUT2D eigenvalue weighted by atomic mass is 10.2. The summed E-state index contributed by atoms with van der Waals surface area (Å²) >= 11 is 0. The van der Waals surface area contributed by atoms with E-state index in [1.54, 1.807) is 6.20 Å². The van der Waals surface area contributed by atoms with Gasteiger partial charge in [-0.2, -0.15) is 0 Å². The van der Waals surface area contributed by atoms with Crippen LogP contribution in [-0.2, 0) is 4.74 Å². The number of pyridine rings is 1. The van der Waals surface area contributed by atoms with Gasteiger partial charge in [-0.3, -0.25) is 4.98 Å². The lowest BCUT2D eigenvalue weighted by Crippen LogP contribution is -2.21. The summed E-state index contributed by atoms with van der Waals surface area (Å²) in [7, 11) is 0. The summed E-state index contributed by atoms with van der Waals surface area (Å²) in [5.74, 6) is -0.303. The van der Waals surface area contributed by atoms with Gasteiger partial charge in [-0.05, 0) is 31.4 Å². The monoisotopic (exact) mass is 345 g/mol. The van der Waals surface area contributed by atoms with Gasteiger partial charge in [-0.1, -0.05) is 6.07 Å². The van der Waals surface area contributed by atoms with Crippen molar-refractivity contribution >= 4 is 11.5 Å². The molecule has 132 valence electrons. The number of rotatable bonds is 1. The number of aliphatic hydroxyl groups is 1. The number of nitrogen functional groups attached to an aromatic ring is 1. The zero-order valence-corrected chi connectivity index (χ0v) is 13.9.